The highest BCUT2D eigenvalue weighted by Gasteiger charge is 2.24. The Morgan fingerprint density at radius 2 is 2.16 bits per heavy atom. The average molecular weight is 255 g/mol. The summed E-state index contributed by atoms with van der Waals surface area (Å²) in [6.07, 6.45) is 1.06. The second-order valence-electron chi connectivity index (χ2n) is 5.74. The summed E-state index contributed by atoms with van der Waals surface area (Å²) in [7, 11) is 0. The van der Waals surface area contributed by atoms with E-state index in [4.69, 9.17) is 4.98 Å². The first-order valence-corrected chi connectivity index (χ1v) is 7.05. The summed E-state index contributed by atoms with van der Waals surface area (Å²) in [5.41, 5.74) is 5.15. The van der Waals surface area contributed by atoms with Crippen LogP contribution in [0.3, 0.4) is 0 Å². The zero-order chi connectivity index (χ0) is 13.4. The molecule has 0 fully saturated rings. The number of hydrogen-bond acceptors (Lipinski definition) is 2. The van der Waals surface area contributed by atoms with Gasteiger partial charge in [-0.3, -0.25) is 0 Å². The van der Waals surface area contributed by atoms with Crippen LogP contribution in [0.5, 0.6) is 0 Å². The molecule has 0 saturated carbocycles. The van der Waals surface area contributed by atoms with Crippen molar-refractivity contribution < 1.29 is 0 Å². The summed E-state index contributed by atoms with van der Waals surface area (Å²) in [5.74, 6) is 1.61. The molecule has 1 atom stereocenters. The molecule has 19 heavy (non-hydrogen) atoms. The number of hydrogen-bond donors (Lipinski definition) is 2. The van der Waals surface area contributed by atoms with Crippen LogP contribution in [0.25, 0.3) is 11.3 Å². The Bertz CT molecular complexity index is 583. The molecule has 0 amide bonds. The van der Waals surface area contributed by atoms with Crippen LogP contribution in [0.15, 0.2) is 24.3 Å². The quantitative estimate of drug-likeness (QED) is 0.884. The second kappa shape index (κ2) is 4.82. The molecule has 0 spiro atoms. The molecule has 1 aromatic heterocycles. The third kappa shape index (κ3) is 2.30. The lowest BCUT2D eigenvalue weighted by Gasteiger charge is -2.21. The number of aromatic amines is 1. The van der Waals surface area contributed by atoms with E-state index < -0.39 is 0 Å². The molecule has 3 nitrogen and oxygen atoms in total. The third-order valence-corrected chi connectivity index (χ3v) is 3.76. The van der Waals surface area contributed by atoms with Crippen molar-refractivity contribution in [1.29, 1.82) is 0 Å². The van der Waals surface area contributed by atoms with E-state index in [1.807, 2.05) is 0 Å². The van der Waals surface area contributed by atoms with Crippen molar-refractivity contribution in [2.24, 2.45) is 0 Å². The summed E-state index contributed by atoms with van der Waals surface area (Å²) in [5, 5.41) is 3.41. The first-order chi connectivity index (χ1) is 9.15. The number of fused-ring (bicyclic) bond motifs is 3. The van der Waals surface area contributed by atoms with Crippen molar-refractivity contribution in [3.63, 3.8) is 0 Å². The highest BCUT2D eigenvalue weighted by atomic mass is 15.0. The first kappa shape index (κ1) is 12.4. The molecule has 0 radical (unpaired) electrons. The van der Waals surface area contributed by atoms with E-state index in [0.717, 1.165) is 24.5 Å². The van der Waals surface area contributed by atoms with Crippen LogP contribution >= 0.6 is 0 Å². The van der Waals surface area contributed by atoms with Gasteiger partial charge < -0.3 is 10.3 Å². The summed E-state index contributed by atoms with van der Waals surface area (Å²) < 4.78 is 0. The number of benzene rings is 1. The minimum absolute atomic E-state index is 0.480. The maximum Gasteiger partial charge on any atom is 0.121 e. The molecular formula is C16H21N3. The number of aromatic nitrogens is 2. The van der Waals surface area contributed by atoms with E-state index in [0.29, 0.717) is 12.0 Å². The van der Waals surface area contributed by atoms with Gasteiger partial charge in [0.05, 0.1) is 12.2 Å². The summed E-state index contributed by atoms with van der Waals surface area (Å²) in [4.78, 5) is 8.27. The number of H-pyrrole nitrogens is 1. The number of nitrogens with zero attached hydrogens (tertiary/aromatic N) is 1. The van der Waals surface area contributed by atoms with E-state index in [1.165, 1.54) is 16.8 Å². The van der Waals surface area contributed by atoms with Crippen LogP contribution < -0.4 is 5.32 Å². The molecule has 0 aliphatic heterocycles. The summed E-state index contributed by atoms with van der Waals surface area (Å²) in [6.45, 7) is 7.40. The first-order valence-electron chi connectivity index (χ1n) is 7.05. The van der Waals surface area contributed by atoms with Crippen molar-refractivity contribution in [2.45, 2.75) is 45.7 Å². The lowest BCUT2D eigenvalue weighted by Crippen LogP contribution is -2.22. The molecule has 3 rings (SSSR count). The van der Waals surface area contributed by atoms with Crippen molar-refractivity contribution in [3.8, 4) is 11.3 Å². The molecule has 1 aliphatic rings. The van der Waals surface area contributed by atoms with E-state index in [2.05, 4.69) is 55.3 Å². The smallest absolute Gasteiger partial charge is 0.121 e. The van der Waals surface area contributed by atoms with Crippen LogP contribution in [0.4, 0.5) is 0 Å². The lowest BCUT2D eigenvalue weighted by atomic mass is 9.85. The predicted octanol–water partition coefficient (Wildman–Crippen LogP) is 3.23. The molecule has 0 bridgehead atoms. The second-order valence-corrected chi connectivity index (χ2v) is 5.74. The maximum atomic E-state index is 4.78. The fourth-order valence-corrected chi connectivity index (χ4v) is 2.78. The maximum absolute atomic E-state index is 4.78. The normalized spacial score (nSPS) is 17.4. The van der Waals surface area contributed by atoms with Crippen LogP contribution in [0, 0.1) is 0 Å². The van der Waals surface area contributed by atoms with Crippen molar-refractivity contribution in [2.75, 3.05) is 0 Å². The van der Waals surface area contributed by atoms with Gasteiger partial charge in [0.1, 0.15) is 5.82 Å². The standard InChI is InChI=1S/C16H21N3/c1-10(2)17-9-15-18-14-8-11(3)12-6-4-5-7-13(12)16(14)19-15/h4-7,10-11,17H,8-9H2,1-3H3,(H,18,19). The minimum Gasteiger partial charge on any atom is -0.344 e. The molecule has 1 aromatic carbocycles. The van der Waals surface area contributed by atoms with Gasteiger partial charge >= 0.3 is 0 Å². The molecule has 100 valence electrons. The van der Waals surface area contributed by atoms with Gasteiger partial charge in [-0.2, -0.15) is 0 Å². The number of imidazole rings is 1. The van der Waals surface area contributed by atoms with Gasteiger partial charge in [-0.15, -0.1) is 0 Å². The van der Waals surface area contributed by atoms with Crippen LogP contribution in [-0.2, 0) is 13.0 Å². The van der Waals surface area contributed by atoms with Crippen LogP contribution in [0.1, 0.15) is 43.8 Å². The highest BCUT2D eigenvalue weighted by Crippen LogP contribution is 2.37. The van der Waals surface area contributed by atoms with Crippen LogP contribution in [-0.4, -0.2) is 16.0 Å². The third-order valence-electron chi connectivity index (χ3n) is 3.76. The Morgan fingerprint density at radius 3 is 2.95 bits per heavy atom. The molecule has 3 heteroatoms. The molecular weight excluding hydrogens is 234 g/mol. The summed E-state index contributed by atoms with van der Waals surface area (Å²) in [6, 6.07) is 9.11. The van der Waals surface area contributed by atoms with E-state index in [1.54, 1.807) is 0 Å². The van der Waals surface area contributed by atoms with Gasteiger partial charge in [-0.25, -0.2) is 4.98 Å². The zero-order valence-corrected chi connectivity index (χ0v) is 11.8. The Balaban J connectivity index is 1.96. The predicted molar refractivity (Wildman–Crippen MR) is 78.1 cm³/mol. The minimum atomic E-state index is 0.480. The topological polar surface area (TPSA) is 40.7 Å². The Labute approximate surface area is 114 Å². The Morgan fingerprint density at radius 1 is 1.37 bits per heavy atom. The van der Waals surface area contributed by atoms with Gasteiger partial charge in [0, 0.05) is 17.3 Å². The average Bonchev–Trinajstić information content (AvgIpc) is 2.80. The highest BCUT2D eigenvalue weighted by molar-refractivity contribution is 5.69. The summed E-state index contributed by atoms with van der Waals surface area (Å²) >= 11 is 0. The Kier molecular flexibility index (Phi) is 3.15. The number of rotatable bonds is 3. The molecule has 1 unspecified atom stereocenters. The fraction of sp³-hybridized carbons (Fsp3) is 0.438. The van der Waals surface area contributed by atoms with Gasteiger partial charge in [0.25, 0.3) is 0 Å². The van der Waals surface area contributed by atoms with E-state index >= 15 is 0 Å². The molecule has 0 saturated heterocycles. The van der Waals surface area contributed by atoms with Gasteiger partial charge in [0.15, 0.2) is 0 Å². The fourth-order valence-electron chi connectivity index (χ4n) is 2.78. The van der Waals surface area contributed by atoms with Gasteiger partial charge in [-0.05, 0) is 17.9 Å². The van der Waals surface area contributed by atoms with Crippen molar-refractivity contribution in [3.05, 3.63) is 41.3 Å². The lowest BCUT2D eigenvalue weighted by molar-refractivity contribution is 0.574. The largest absolute Gasteiger partial charge is 0.344 e. The Hall–Kier alpha value is -1.61. The monoisotopic (exact) mass is 255 g/mol. The SMILES string of the molecule is CC(C)NCc1nc2c([nH]1)CC(C)c1ccccc1-2. The van der Waals surface area contributed by atoms with E-state index in [-0.39, 0.29) is 0 Å². The molecule has 1 aliphatic carbocycles. The molecule has 2 N–H and O–H groups in total. The van der Waals surface area contributed by atoms with Gasteiger partial charge in [-0.1, -0.05) is 45.0 Å². The van der Waals surface area contributed by atoms with Crippen LogP contribution in [0.2, 0.25) is 0 Å². The van der Waals surface area contributed by atoms with Gasteiger partial charge in [0.2, 0.25) is 0 Å². The van der Waals surface area contributed by atoms with Crippen molar-refractivity contribution >= 4 is 0 Å². The zero-order valence-electron chi connectivity index (χ0n) is 11.8. The van der Waals surface area contributed by atoms with Crippen molar-refractivity contribution in [1.82, 2.24) is 15.3 Å². The number of nitrogens with one attached hydrogen (secondary N) is 2. The van der Waals surface area contributed by atoms with E-state index in [9.17, 15) is 0 Å². The molecule has 1 heterocycles. The molecule has 2 aromatic rings.